The van der Waals surface area contributed by atoms with Crippen LogP contribution >= 0.6 is 0 Å². The fourth-order valence-electron chi connectivity index (χ4n) is 1.97. The van der Waals surface area contributed by atoms with Gasteiger partial charge in [0.15, 0.2) is 11.5 Å². The molecule has 1 heterocycles. The molecule has 1 unspecified atom stereocenters. The molecular formula is C16H14O3. The van der Waals surface area contributed by atoms with E-state index in [0.29, 0.717) is 17.9 Å². The quantitative estimate of drug-likeness (QED) is 0.909. The third kappa shape index (κ3) is 2.71. The fraction of sp³-hybridized carbons (Fsp3) is 0.125. The summed E-state index contributed by atoms with van der Waals surface area (Å²) in [5, 5.41) is 9.36. The molecule has 0 amide bonds. The highest BCUT2D eigenvalue weighted by Gasteiger charge is 2.23. The molecule has 2 aromatic rings. The van der Waals surface area contributed by atoms with Gasteiger partial charge < -0.3 is 14.6 Å². The lowest BCUT2D eigenvalue weighted by molar-refractivity contribution is 0.0528. The molecule has 3 heteroatoms. The Morgan fingerprint density at radius 2 is 1.79 bits per heavy atom. The van der Waals surface area contributed by atoms with Crippen molar-refractivity contribution in [3.8, 4) is 17.2 Å². The smallest absolute Gasteiger partial charge is 0.244 e. The second-order valence-corrected chi connectivity index (χ2v) is 4.35. The maximum atomic E-state index is 9.36. The summed E-state index contributed by atoms with van der Waals surface area (Å²) in [6.07, 6.45) is 4.39. The Balaban J connectivity index is 1.60. The maximum Gasteiger partial charge on any atom is 0.244 e. The minimum absolute atomic E-state index is 0.183. The van der Waals surface area contributed by atoms with Gasteiger partial charge in [-0.25, -0.2) is 0 Å². The molecule has 0 bridgehead atoms. The monoisotopic (exact) mass is 254 g/mol. The van der Waals surface area contributed by atoms with Crippen molar-refractivity contribution in [3.05, 3.63) is 60.2 Å². The van der Waals surface area contributed by atoms with Crippen molar-refractivity contribution in [2.24, 2.45) is 0 Å². The Morgan fingerprint density at radius 1 is 1.00 bits per heavy atom. The van der Waals surface area contributed by atoms with Crippen molar-refractivity contribution in [1.82, 2.24) is 0 Å². The molecule has 1 atom stereocenters. The number of fused-ring (bicyclic) bond motifs is 1. The summed E-state index contributed by atoms with van der Waals surface area (Å²) in [7, 11) is 0. The molecule has 0 spiro atoms. The third-order valence-electron chi connectivity index (χ3n) is 2.88. The van der Waals surface area contributed by atoms with Gasteiger partial charge in [-0.05, 0) is 17.7 Å². The maximum absolute atomic E-state index is 9.36. The van der Waals surface area contributed by atoms with Gasteiger partial charge in [0, 0.05) is 12.5 Å². The second-order valence-electron chi connectivity index (χ2n) is 4.35. The van der Waals surface area contributed by atoms with Gasteiger partial charge in [-0.15, -0.1) is 0 Å². The number of ether oxygens (including phenoxy) is 2. The summed E-state index contributed by atoms with van der Waals surface area (Å²) < 4.78 is 11.2. The molecule has 1 aliphatic rings. The van der Waals surface area contributed by atoms with Crippen molar-refractivity contribution in [2.45, 2.75) is 12.7 Å². The van der Waals surface area contributed by atoms with Gasteiger partial charge >= 0.3 is 0 Å². The van der Waals surface area contributed by atoms with Gasteiger partial charge in [0.25, 0.3) is 0 Å². The Hall–Kier alpha value is -2.42. The fourth-order valence-corrected chi connectivity index (χ4v) is 1.97. The number of phenols is 1. The zero-order valence-corrected chi connectivity index (χ0v) is 10.3. The normalized spacial score (nSPS) is 16.9. The lowest BCUT2D eigenvalue weighted by Crippen LogP contribution is -2.16. The first-order valence-electron chi connectivity index (χ1n) is 6.19. The van der Waals surface area contributed by atoms with Crippen molar-refractivity contribution < 1.29 is 14.6 Å². The van der Waals surface area contributed by atoms with Gasteiger partial charge in [-0.3, -0.25) is 0 Å². The largest absolute Gasteiger partial charge is 0.508 e. The van der Waals surface area contributed by atoms with Crippen LogP contribution in [0.15, 0.2) is 54.6 Å². The summed E-state index contributed by atoms with van der Waals surface area (Å²) in [4.78, 5) is 0. The van der Waals surface area contributed by atoms with Crippen LogP contribution in [0.25, 0.3) is 6.08 Å². The number of benzene rings is 2. The van der Waals surface area contributed by atoms with Crippen LogP contribution in [0.5, 0.6) is 17.2 Å². The number of hydrogen-bond donors (Lipinski definition) is 1. The van der Waals surface area contributed by atoms with Crippen LogP contribution in [0.4, 0.5) is 0 Å². The minimum atomic E-state index is -0.322. The van der Waals surface area contributed by atoms with Gasteiger partial charge in [0.05, 0.1) is 0 Å². The topological polar surface area (TPSA) is 38.7 Å². The molecule has 3 rings (SSSR count). The van der Waals surface area contributed by atoms with Crippen LogP contribution in [-0.4, -0.2) is 11.4 Å². The number of aromatic hydroxyl groups is 1. The number of hydrogen-bond acceptors (Lipinski definition) is 3. The highest BCUT2D eigenvalue weighted by molar-refractivity contribution is 5.49. The molecule has 3 nitrogen and oxygen atoms in total. The lowest BCUT2D eigenvalue weighted by Gasteiger charge is -2.06. The van der Waals surface area contributed by atoms with Crippen LogP contribution in [0, 0.1) is 0 Å². The standard InChI is InChI=1S/C16H14O3/c17-13-9-10-14-15(11-13)19-16(18-14)8-4-7-12-5-2-1-3-6-12/h1-7,9-11,16-17H,8H2. The average Bonchev–Trinajstić information content (AvgIpc) is 2.82. The van der Waals surface area contributed by atoms with Crippen LogP contribution < -0.4 is 9.47 Å². The van der Waals surface area contributed by atoms with Crippen LogP contribution in [0.3, 0.4) is 0 Å². The van der Waals surface area contributed by atoms with E-state index in [0.717, 1.165) is 5.56 Å². The molecule has 19 heavy (non-hydrogen) atoms. The molecule has 1 aliphatic heterocycles. The van der Waals surface area contributed by atoms with E-state index in [2.05, 4.69) is 0 Å². The van der Waals surface area contributed by atoms with Crippen molar-refractivity contribution in [3.63, 3.8) is 0 Å². The average molecular weight is 254 g/mol. The highest BCUT2D eigenvalue weighted by atomic mass is 16.7. The van der Waals surface area contributed by atoms with Gasteiger partial charge in [-0.1, -0.05) is 42.5 Å². The molecule has 0 saturated carbocycles. The van der Waals surface area contributed by atoms with E-state index in [1.165, 1.54) is 0 Å². The van der Waals surface area contributed by atoms with E-state index < -0.39 is 0 Å². The minimum Gasteiger partial charge on any atom is -0.508 e. The highest BCUT2D eigenvalue weighted by Crippen LogP contribution is 2.37. The molecule has 1 N–H and O–H groups in total. The van der Waals surface area contributed by atoms with Crippen LogP contribution in [-0.2, 0) is 0 Å². The Bertz CT molecular complexity index is 590. The first-order valence-corrected chi connectivity index (χ1v) is 6.19. The zero-order valence-electron chi connectivity index (χ0n) is 10.3. The summed E-state index contributed by atoms with van der Waals surface area (Å²) in [6, 6.07) is 14.9. The summed E-state index contributed by atoms with van der Waals surface area (Å²) in [5.74, 6) is 1.46. The zero-order chi connectivity index (χ0) is 13.1. The molecule has 0 aliphatic carbocycles. The van der Waals surface area contributed by atoms with Crippen LogP contribution in [0.2, 0.25) is 0 Å². The SMILES string of the molecule is Oc1ccc2c(c1)OC(CC=Cc1ccccc1)O2. The molecule has 0 fully saturated rings. The summed E-state index contributed by atoms with van der Waals surface area (Å²) in [6.45, 7) is 0. The van der Waals surface area contributed by atoms with Crippen molar-refractivity contribution >= 4 is 6.08 Å². The first-order chi connectivity index (χ1) is 9.31. The Kier molecular flexibility index (Phi) is 3.11. The Morgan fingerprint density at radius 3 is 2.63 bits per heavy atom. The molecular weight excluding hydrogens is 240 g/mol. The van der Waals surface area contributed by atoms with E-state index in [9.17, 15) is 5.11 Å². The third-order valence-corrected chi connectivity index (χ3v) is 2.88. The van der Waals surface area contributed by atoms with Gasteiger partial charge in [0.2, 0.25) is 6.29 Å². The predicted molar refractivity (Wildman–Crippen MR) is 73.2 cm³/mol. The first kappa shape index (κ1) is 11.7. The van der Waals surface area contributed by atoms with Crippen molar-refractivity contribution in [2.75, 3.05) is 0 Å². The van der Waals surface area contributed by atoms with Gasteiger partial charge in [0.1, 0.15) is 5.75 Å². The molecule has 0 radical (unpaired) electrons. The Labute approximate surface area is 111 Å². The molecule has 0 aromatic heterocycles. The lowest BCUT2D eigenvalue weighted by atomic mass is 10.2. The summed E-state index contributed by atoms with van der Waals surface area (Å²) >= 11 is 0. The predicted octanol–water partition coefficient (Wildman–Crippen LogP) is 3.59. The number of phenolic OH excluding ortho intramolecular Hbond substituents is 1. The molecule has 96 valence electrons. The number of rotatable bonds is 3. The van der Waals surface area contributed by atoms with Crippen molar-refractivity contribution in [1.29, 1.82) is 0 Å². The molecule has 2 aromatic carbocycles. The van der Waals surface area contributed by atoms with E-state index >= 15 is 0 Å². The summed E-state index contributed by atoms with van der Waals surface area (Å²) in [5.41, 5.74) is 1.15. The second kappa shape index (κ2) is 5.06. The van der Waals surface area contributed by atoms with E-state index in [-0.39, 0.29) is 12.0 Å². The molecule has 0 saturated heterocycles. The van der Waals surface area contributed by atoms with Gasteiger partial charge in [-0.2, -0.15) is 0 Å². The van der Waals surface area contributed by atoms with E-state index in [1.54, 1.807) is 18.2 Å². The van der Waals surface area contributed by atoms with Crippen LogP contribution in [0.1, 0.15) is 12.0 Å². The van der Waals surface area contributed by atoms with E-state index in [1.807, 2.05) is 42.5 Å². The van der Waals surface area contributed by atoms with E-state index in [4.69, 9.17) is 9.47 Å².